The SMILES string of the molecule is COC(=O)C[C@@H](Br)C(=O)c1ccccc1. The molecule has 0 spiro atoms. The lowest BCUT2D eigenvalue weighted by molar-refractivity contribution is -0.140. The van der Waals surface area contributed by atoms with Crippen molar-refractivity contribution in [3.8, 4) is 0 Å². The van der Waals surface area contributed by atoms with E-state index in [1.807, 2.05) is 6.07 Å². The highest BCUT2D eigenvalue weighted by atomic mass is 79.9. The molecule has 0 N–H and O–H groups in total. The number of ether oxygens (including phenoxy) is 1. The quantitative estimate of drug-likeness (QED) is 0.479. The third-order valence-corrected chi connectivity index (χ3v) is 2.66. The van der Waals surface area contributed by atoms with Crippen LogP contribution in [0.3, 0.4) is 0 Å². The summed E-state index contributed by atoms with van der Waals surface area (Å²) >= 11 is 3.17. The van der Waals surface area contributed by atoms with Crippen LogP contribution in [0.2, 0.25) is 0 Å². The van der Waals surface area contributed by atoms with Gasteiger partial charge in [0, 0.05) is 5.56 Å². The van der Waals surface area contributed by atoms with E-state index in [0.29, 0.717) is 5.56 Å². The van der Waals surface area contributed by atoms with E-state index in [1.165, 1.54) is 7.11 Å². The molecule has 1 aromatic carbocycles. The highest BCUT2D eigenvalue weighted by Crippen LogP contribution is 2.13. The largest absolute Gasteiger partial charge is 0.469 e. The monoisotopic (exact) mass is 270 g/mol. The van der Waals surface area contributed by atoms with E-state index >= 15 is 0 Å². The number of esters is 1. The molecule has 0 aliphatic rings. The molecule has 1 rings (SSSR count). The minimum atomic E-state index is -0.521. The molecule has 0 heterocycles. The van der Waals surface area contributed by atoms with E-state index in [9.17, 15) is 9.59 Å². The predicted molar refractivity (Wildman–Crippen MR) is 60.1 cm³/mol. The van der Waals surface area contributed by atoms with Crippen molar-refractivity contribution < 1.29 is 14.3 Å². The summed E-state index contributed by atoms with van der Waals surface area (Å²) in [6.07, 6.45) is 0.0459. The van der Waals surface area contributed by atoms with Gasteiger partial charge in [-0.15, -0.1) is 0 Å². The molecule has 0 amide bonds. The Labute approximate surface area is 96.6 Å². The second-order valence-corrected chi connectivity index (χ2v) is 4.08. The Kier molecular flexibility index (Phi) is 4.49. The van der Waals surface area contributed by atoms with E-state index in [2.05, 4.69) is 20.7 Å². The highest BCUT2D eigenvalue weighted by Gasteiger charge is 2.20. The molecule has 0 unspecified atom stereocenters. The van der Waals surface area contributed by atoms with E-state index in [-0.39, 0.29) is 12.2 Å². The number of hydrogen-bond donors (Lipinski definition) is 0. The molecule has 4 heteroatoms. The second kappa shape index (κ2) is 5.66. The van der Waals surface area contributed by atoms with Crippen LogP contribution < -0.4 is 0 Å². The smallest absolute Gasteiger partial charge is 0.307 e. The molecule has 0 aliphatic heterocycles. The summed E-state index contributed by atoms with van der Waals surface area (Å²) in [5.74, 6) is -0.512. The Morgan fingerprint density at radius 3 is 2.47 bits per heavy atom. The molecule has 1 atom stereocenters. The van der Waals surface area contributed by atoms with Crippen LogP contribution in [0.4, 0.5) is 0 Å². The fourth-order valence-corrected chi connectivity index (χ4v) is 1.63. The third-order valence-electron chi connectivity index (χ3n) is 1.92. The maximum atomic E-state index is 11.7. The number of alkyl halides is 1. The van der Waals surface area contributed by atoms with Gasteiger partial charge < -0.3 is 4.74 Å². The molecule has 0 radical (unpaired) electrons. The topological polar surface area (TPSA) is 43.4 Å². The highest BCUT2D eigenvalue weighted by molar-refractivity contribution is 9.10. The van der Waals surface area contributed by atoms with Crippen molar-refractivity contribution in [3.63, 3.8) is 0 Å². The summed E-state index contributed by atoms with van der Waals surface area (Å²) in [6.45, 7) is 0. The van der Waals surface area contributed by atoms with Gasteiger partial charge in [0.25, 0.3) is 0 Å². The Balaban J connectivity index is 2.65. The zero-order valence-electron chi connectivity index (χ0n) is 8.27. The zero-order chi connectivity index (χ0) is 11.3. The van der Waals surface area contributed by atoms with Gasteiger partial charge in [-0.05, 0) is 0 Å². The van der Waals surface area contributed by atoms with Gasteiger partial charge in [0.2, 0.25) is 0 Å². The lowest BCUT2D eigenvalue weighted by Gasteiger charge is -2.06. The Morgan fingerprint density at radius 1 is 1.33 bits per heavy atom. The van der Waals surface area contributed by atoms with Crippen LogP contribution in [0.15, 0.2) is 30.3 Å². The summed E-state index contributed by atoms with van der Waals surface area (Å²) in [6, 6.07) is 8.83. The summed E-state index contributed by atoms with van der Waals surface area (Å²) in [4.78, 5) is 22.2. The Bertz CT molecular complexity index is 348. The number of carbonyl (C=O) groups is 2. The second-order valence-electron chi connectivity index (χ2n) is 2.98. The summed E-state index contributed by atoms with van der Waals surface area (Å²) in [5.41, 5.74) is 0.586. The van der Waals surface area contributed by atoms with Crippen LogP contribution in [0.1, 0.15) is 16.8 Å². The van der Waals surface area contributed by atoms with Crippen molar-refractivity contribution in [3.05, 3.63) is 35.9 Å². The molecule has 80 valence electrons. The van der Waals surface area contributed by atoms with Crippen molar-refractivity contribution >= 4 is 27.7 Å². The van der Waals surface area contributed by atoms with Gasteiger partial charge in [-0.25, -0.2) is 0 Å². The molecule has 15 heavy (non-hydrogen) atoms. The van der Waals surface area contributed by atoms with Crippen LogP contribution >= 0.6 is 15.9 Å². The first-order valence-electron chi connectivity index (χ1n) is 4.45. The summed E-state index contributed by atoms with van der Waals surface area (Å²) < 4.78 is 4.49. The zero-order valence-corrected chi connectivity index (χ0v) is 9.86. The van der Waals surface area contributed by atoms with Crippen molar-refractivity contribution in [2.24, 2.45) is 0 Å². The van der Waals surface area contributed by atoms with Gasteiger partial charge in [0.1, 0.15) is 0 Å². The number of ketones is 1. The van der Waals surface area contributed by atoms with E-state index in [0.717, 1.165) is 0 Å². The number of halogens is 1. The summed E-state index contributed by atoms with van der Waals surface area (Å²) in [5, 5.41) is 0. The van der Waals surface area contributed by atoms with Gasteiger partial charge in [-0.1, -0.05) is 46.3 Å². The average Bonchev–Trinajstić information content (AvgIpc) is 2.29. The lowest BCUT2D eigenvalue weighted by Crippen LogP contribution is -2.19. The van der Waals surface area contributed by atoms with E-state index in [1.54, 1.807) is 24.3 Å². The maximum absolute atomic E-state index is 11.7. The average molecular weight is 271 g/mol. The lowest BCUT2D eigenvalue weighted by atomic mass is 10.1. The van der Waals surface area contributed by atoms with Gasteiger partial charge in [-0.2, -0.15) is 0 Å². The molecule has 1 aromatic rings. The Morgan fingerprint density at radius 2 is 1.93 bits per heavy atom. The predicted octanol–water partition coefficient (Wildman–Crippen LogP) is 2.20. The minimum absolute atomic E-state index is 0.0459. The van der Waals surface area contributed by atoms with Gasteiger partial charge in [0.15, 0.2) is 5.78 Å². The van der Waals surface area contributed by atoms with Gasteiger partial charge >= 0.3 is 5.97 Å². The maximum Gasteiger partial charge on any atom is 0.307 e. The Hall–Kier alpha value is -1.16. The van der Waals surface area contributed by atoms with Crippen molar-refractivity contribution in [2.45, 2.75) is 11.2 Å². The molecular weight excluding hydrogens is 260 g/mol. The number of hydrogen-bond acceptors (Lipinski definition) is 3. The molecule has 0 fully saturated rings. The molecule has 3 nitrogen and oxygen atoms in total. The molecule has 0 saturated heterocycles. The molecule has 0 aromatic heterocycles. The van der Waals surface area contributed by atoms with Crippen LogP contribution in [0.5, 0.6) is 0 Å². The molecule has 0 saturated carbocycles. The fraction of sp³-hybridized carbons (Fsp3) is 0.273. The van der Waals surface area contributed by atoms with Crippen LogP contribution in [-0.2, 0) is 9.53 Å². The van der Waals surface area contributed by atoms with Crippen LogP contribution in [0, 0.1) is 0 Å². The molecule has 0 aliphatic carbocycles. The van der Waals surface area contributed by atoms with Crippen molar-refractivity contribution in [1.29, 1.82) is 0 Å². The van der Waals surface area contributed by atoms with Gasteiger partial charge in [0.05, 0.1) is 18.4 Å². The van der Waals surface area contributed by atoms with Crippen LogP contribution in [-0.4, -0.2) is 23.7 Å². The third kappa shape index (κ3) is 3.47. The first-order valence-corrected chi connectivity index (χ1v) is 5.37. The number of Topliss-reactive ketones (excluding diaryl/α,β-unsaturated/α-hetero) is 1. The summed E-state index contributed by atoms with van der Waals surface area (Å²) in [7, 11) is 1.30. The van der Waals surface area contributed by atoms with Gasteiger partial charge in [-0.3, -0.25) is 9.59 Å². The number of methoxy groups -OCH3 is 1. The first-order chi connectivity index (χ1) is 7.15. The molecular formula is C11H11BrO3. The van der Waals surface area contributed by atoms with Crippen molar-refractivity contribution in [1.82, 2.24) is 0 Å². The number of benzene rings is 1. The number of rotatable bonds is 4. The normalized spacial score (nSPS) is 11.9. The van der Waals surface area contributed by atoms with E-state index in [4.69, 9.17) is 0 Å². The standard InChI is InChI=1S/C11H11BrO3/c1-15-10(13)7-9(12)11(14)8-5-3-2-4-6-8/h2-6,9H,7H2,1H3/t9-/m1/s1. The fourth-order valence-electron chi connectivity index (χ4n) is 1.11. The van der Waals surface area contributed by atoms with Crippen LogP contribution in [0.25, 0.3) is 0 Å². The van der Waals surface area contributed by atoms with E-state index < -0.39 is 10.8 Å². The first kappa shape index (κ1) is 11.9. The number of carbonyl (C=O) groups excluding carboxylic acids is 2. The molecule has 0 bridgehead atoms. The minimum Gasteiger partial charge on any atom is -0.469 e. The van der Waals surface area contributed by atoms with Crippen molar-refractivity contribution in [2.75, 3.05) is 7.11 Å².